The summed E-state index contributed by atoms with van der Waals surface area (Å²) < 4.78 is 0. The van der Waals surface area contributed by atoms with Crippen LogP contribution in [0.4, 0.5) is 10.5 Å². The van der Waals surface area contributed by atoms with Gasteiger partial charge in [0.25, 0.3) is 0 Å². The normalized spacial score (nSPS) is 26.6. The lowest BCUT2D eigenvalue weighted by Gasteiger charge is -2.37. The fourth-order valence-corrected chi connectivity index (χ4v) is 4.81. The van der Waals surface area contributed by atoms with Gasteiger partial charge in [0.1, 0.15) is 0 Å². The highest BCUT2D eigenvalue weighted by Crippen LogP contribution is 2.26. The first-order valence-electron chi connectivity index (χ1n) is 11.0. The highest BCUT2D eigenvalue weighted by Gasteiger charge is 2.43. The van der Waals surface area contributed by atoms with Gasteiger partial charge >= 0.3 is 6.03 Å². The number of piperazine rings is 1. The zero-order chi connectivity index (χ0) is 20.9. The lowest BCUT2D eigenvalue weighted by molar-refractivity contribution is -0.133. The smallest absolute Gasteiger partial charge is 0.319 e. The third-order valence-corrected chi connectivity index (χ3v) is 6.39. The minimum atomic E-state index is -0.261. The number of nitrogens with zero attached hydrogens (tertiary/aromatic N) is 2. The molecule has 3 N–H and O–H groups in total. The average Bonchev–Trinajstić information content (AvgIpc) is 3.19. The zero-order valence-electron chi connectivity index (χ0n) is 17.3. The molecule has 0 aromatic heterocycles. The molecule has 162 valence electrons. The van der Waals surface area contributed by atoms with Gasteiger partial charge in [0.2, 0.25) is 11.8 Å². The van der Waals surface area contributed by atoms with E-state index in [0.717, 1.165) is 38.0 Å². The molecule has 0 aliphatic carbocycles. The molecule has 0 spiro atoms. The number of piperidine rings is 1. The van der Waals surface area contributed by atoms with Crippen LogP contribution in [0.3, 0.4) is 0 Å². The summed E-state index contributed by atoms with van der Waals surface area (Å²) in [6, 6.07) is 8.83. The van der Waals surface area contributed by atoms with Crippen molar-refractivity contribution in [1.29, 1.82) is 0 Å². The van der Waals surface area contributed by atoms with E-state index in [1.807, 2.05) is 35.2 Å². The zero-order valence-corrected chi connectivity index (χ0v) is 17.3. The van der Waals surface area contributed by atoms with Crippen molar-refractivity contribution in [1.82, 2.24) is 20.4 Å². The maximum absolute atomic E-state index is 12.5. The molecule has 1 aromatic carbocycles. The SMILES string of the molecule is O=C(Nc1ccccc1)NC1CC2C(=O)NCC(CCC(=O)N3CCCCC3)N2C1. The summed E-state index contributed by atoms with van der Waals surface area (Å²) in [6.45, 7) is 2.93. The van der Waals surface area contributed by atoms with Crippen LogP contribution in [0.2, 0.25) is 0 Å². The Hall–Kier alpha value is -2.61. The second kappa shape index (κ2) is 9.47. The number of anilines is 1. The Labute approximate surface area is 177 Å². The first-order valence-corrected chi connectivity index (χ1v) is 11.0. The number of likely N-dealkylation sites (tertiary alicyclic amines) is 1. The summed E-state index contributed by atoms with van der Waals surface area (Å²) in [5.41, 5.74) is 0.734. The number of rotatable bonds is 5. The van der Waals surface area contributed by atoms with E-state index in [-0.39, 0.29) is 36.0 Å². The molecule has 4 amide bonds. The molecular weight excluding hydrogens is 382 g/mol. The monoisotopic (exact) mass is 413 g/mol. The van der Waals surface area contributed by atoms with Gasteiger partial charge in [-0.05, 0) is 44.2 Å². The van der Waals surface area contributed by atoms with Gasteiger partial charge in [-0.1, -0.05) is 18.2 Å². The van der Waals surface area contributed by atoms with Crippen molar-refractivity contribution in [2.45, 2.75) is 56.7 Å². The minimum absolute atomic E-state index is 0.0152. The third kappa shape index (κ3) is 4.92. The van der Waals surface area contributed by atoms with Crippen LogP contribution < -0.4 is 16.0 Å². The van der Waals surface area contributed by atoms with Crippen molar-refractivity contribution >= 4 is 23.5 Å². The van der Waals surface area contributed by atoms with Gasteiger partial charge in [-0.2, -0.15) is 0 Å². The van der Waals surface area contributed by atoms with E-state index < -0.39 is 0 Å². The molecule has 30 heavy (non-hydrogen) atoms. The molecule has 3 saturated heterocycles. The number of fused-ring (bicyclic) bond motifs is 1. The van der Waals surface area contributed by atoms with Gasteiger partial charge in [0.05, 0.1) is 6.04 Å². The Morgan fingerprint density at radius 1 is 1.10 bits per heavy atom. The molecule has 0 radical (unpaired) electrons. The van der Waals surface area contributed by atoms with E-state index in [2.05, 4.69) is 20.9 Å². The van der Waals surface area contributed by atoms with E-state index in [0.29, 0.717) is 25.9 Å². The number of hydrogen-bond acceptors (Lipinski definition) is 4. The van der Waals surface area contributed by atoms with Gasteiger partial charge in [-0.25, -0.2) is 4.79 Å². The Morgan fingerprint density at radius 2 is 1.87 bits per heavy atom. The van der Waals surface area contributed by atoms with Crippen LogP contribution in [0.25, 0.3) is 0 Å². The number of carbonyl (C=O) groups excluding carboxylic acids is 3. The van der Waals surface area contributed by atoms with Crippen LogP contribution in [0.15, 0.2) is 30.3 Å². The van der Waals surface area contributed by atoms with Crippen molar-refractivity contribution in [3.8, 4) is 0 Å². The maximum atomic E-state index is 12.5. The molecule has 3 aliphatic heterocycles. The predicted octanol–water partition coefficient (Wildman–Crippen LogP) is 1.54. The number of benzene rings is 1. The average molecular weight is 414 g/mol. The fourth-order valence-electron chi connectivity index (χ4n) is 4.81. The van der Waals surface area contributed by atoms with Gasteiger partial charge < -0.3 is 20.9 Å². The molecule has 3 atom stereocenters. The van der Waals surface area contributed by atoms with Crippen molar-refractivity contribution < 1.29 is 14.4 Å². The summed E-state index contributed by atoms with van der Waals surface area (Å²) >= 11 is 0. The van der Waals surface area contributed by atoms with Crippen LogP contribution in [0, 0.1) is 0 Å². The van der Waals surface area contributed by atoms with E-state index in [1.165, 1.54) is 6.42 Å². The molecule has 3 fully saturated rings. The van der Waals surface area contributed by atoms with E-state index in [1.54, 1.807) is 0 Å². The van der Waals surface area contributed by atoms with Gasteiger partial charge in [-0.15, -0.1) is 0 Å². The molecular formula is C22H31N5O3. The largest absolute Gasteiger partial charge is 0.353 e. The van der Waals surface area contributed by atoms with E-state index >= 15 is 0 Å². The number of amides is 4. The summed E-state index contributed by atoms with van der Waals surface area (Å²) in [5.74, 6) is 0.237. The van der Waals surface area contributed by atoms with Crippen LogP contribution in [0.1, 0.15) is 38.5 Å². The summed E-state index contributed by atoms with van der Waals surface area (Å²) in [5, 5.41) is 8.81. The fraction of sp³-hybridized carbons (Fsp3) is 0.591. The Bertz CT molecular complexity index is 765. The predicted molar refractivity (Wildman–Crippen MR) is 114 cm³/mol. The Kier molecular flexibility index (Phi) is 6.52. The molecule has 0 bridgehead atoms. The molecule has 8 heteroatoms. The lowest BCUT2D eigenvalue weighted by Crippen LogP contribution is -2.58. The number of urea groups is 1. The number of para-hydroxylation sites is 1. The Morgan fingerprint density at radius 3 is 2.63 bits per heavy atom. The van der Waals surface area contributed by atoms with E-state index in [9.17, 15) is 14.4 Å². The molecule has 4 rings (SSSR count). The molecule has 3 aliphatic rings. The maximum Gasteiger partial charge on any atom is 0.319 e. The van der Waals surface area contributed by atoms with Crippen LogP contribution in [-0.2, 0) is 9.59 Å². The first-order chi connectivity index (χ1) is 14.6. The third-order valence-electron chi connectivity index (χ3n) is 6.39. The van der Waals surface area contributed by atoms with Crippen molar-refractivity contribution in [3.63, 3.8) is 0 Å². The van der Waals surface area contributed by atoms with Crippen LogP contribution >= 0.6 is 0 Å². The minimum Gasteiger partial charge on any atom is -0.353 e. The first kappa shape index (κ1) is 20.7. The number of carbonyl (C=O) groups is 3. The van der Waals surface area contributed by atoms with Crippen LogP contribution in [-0.4, -0.2) is 71.9 Å². The molecule has 1 aromatic rings. The molecule has 0 saturated carbocycles. The van der Waals surface area contributed by atoms with Crippen molar-refractivity contribution in [2.24, 2.45) is 0 Å². The summed E-state index contributed by atoms with van der Waals surface area (Å²) in [4.78, 5) is 41.4. The van der Waals surface area contributed by atoms with Crippen molar-refractivity contribution in [3.05, 3.63) is 30.3 Å². The highest BCUT2D eigenvalue weighted by molar-refractivity contribution is 5.89. The summed E-state index contributed by atoms with van der Waals surface area (Å²) in [6.07, 6.45) is 5.23. The number of hydrogen-bond donors (Lipinski definition) is 3. The molecule has 8 nitrogen and oxygen atoms in total. The molecule has 3 heterocycles. The second-order valence-corrected chi connectivity index (χ2v) is 8.49. The second-order valence-electron chi connectivity index (χ2n) is 8.49. The lowest BCUT2D eigenvalue weighted by atomic mass is 10.0. The Balaban J connectivity index is 1.29. The van der Waals surface area contributed by atoms with Gasteiger partial charge in [0.15, 0.2) is 0 Å². The van der Waals surface area contributed by atoms with Crippen molar-refractivity contribution in [2.75, 3.05) is 31.5 Å². The topological polar surface area (TPSA) is 93.8 Å². The summed E-state index contributed by atoms with van der Waals surface area (Å²) in [7, 11) is 0. The standard InChI is InChI=1S/C22H31N5O3/c28-20(26-11-5-2-6-12-26)10-9-18-14-23-21(29)19-13-17(15-27(18)19)25-22(30)24-16-7-3-1-4-8-16/h1,3-4,7-8,17-19H,2,5-6,9-15H2,(H,23,29)(H2,24,25,30). The van der Waals surface area contributed by atoms with E-state index in [4.69, 9.17) is 0 Å². The van der Waals surface area contributed by atoms with Crippen LogP contribution in [0.5, 0.6) is 0 Å². The van der Waals surface area contributed by atoms with Gasteiger partial charge in [0, 0.05) is 50.4 Å². The number of nitrogens with one attached hydrogen (secondary N) is 3. The molecule has 3 unspecified atom stereocenters. The highest BCUT2D eigenvalue weighted by atomic mass is 16.2. The van der Waals surface area contributed by atoms with Gasteiger partial charge in [-0.3, -0.25) is 14.5 Å². The quantitative estimate of drug-likeness (QED) is 0.683.